The number of rotatable bonds is 9. The molecule has 0 N–H and O–H groups in total. The quantitative estimate of drug-likeness (QED) is 0.314. The van der Waals surface area contributed by atoms with Crippen molar-refractivity contribution in [3.63, 3.8) is 0 Å². The Labute approximate surface area is 143 Å². The van der Waals surface area contributed by atoms with E-state index in [0.717, 1.165) is 29.9 Å². The van der Waals surface area contributed by atoms with Crippen molar-refractivity contribution in [2.24, 2.45) is 0 Å². The molecule has 5 heteroatoms. The van der Waals surface area contributed by atoms with E-state index in [1.807, 2.05) is 36.4 Å². The molecule has 0 spiro atoms. The second-order valence-corrected chi connectivity index (χ2v) is 7.76. The molecule has 0 fully saturated rings. The first-order chi connectivity index (χ1) is 10.0. The van der Waals surface area contributed by atoms with Crippen LogP contribution >= 0.6 is 31.9 Å². The Balaban J connectivity index is 2.61. The monoisotopic (exact) mass is 418 g/mol. The molecule has 0 saturated heterocycles. The zero-order chi connectivity index (χ0) is 15.7. The Kier molecular flexibility index (Phi) is 8.07. The maximum Gasteiger partial charge on any atom is 0.200 e. The van der Waals surface area contributed by atoms with Crippen LogP contribution in [0.2, 0.25) is 0 Å². The minimum atomic E-state index is -0.757. The number of allylic oxidation sites excluding steroid dienone is 2. The lowest BCUT2D eigenvalue weighted by Gasteiger charge is -2.19. The third kappa shape index (κ3) is 7.16. The molecule has 21 heavy (non-hydrogen) atoms. The van der Waals surface area contributed by atoms with Crippen molar-refractivity contribution >= 4 is 31.9 Å². The lowest BCUT2D eigenvalue weighted by molar-refractivity contribution is 0.110. The zero-order valence-electron chi connectivity index (χ0n) is 12.3. The number of methoxy groups -OCH3 is 2. The molecular weight excluding hydrogens is 400 g/mol. The van der Waals surface area contributed by atoms with E-state index in [1.165, 1.54) is 0 Å². The van der Waals surface area contributed by atoms with Crippen LogP contribution < -0.4 is 4.74 Å². The second-order valence-electron chi connectivity index (χ2n) is 4.34. The minimum absolute atomic E-state index is 0.454. The van der Waals surface area contributed by atoms with Crippen molar-refractivity contribution in [2.75, 3.05) is 14.2 Å². The number of benzene rings is 1. The highest BCUT2D eigenvalue weighted by atomic mass is 79.9. The molecule has 0 aromatic heterocycles. The standard InChI is InChI=1S/C16H20Br2O3/c1-4-5-6-15(20-3)11-16(17,18)21-12-13-7-9-14(19-2)10-8-13/h4,7-11H,1,5-6,12H2,2-3H3/b15-11-. The molecule has 0 heterocycles. The molecule has 0 atom stereocenters. The van der Waals surface area contributed by atoms with Crippen LogP contribution in [0.5, 0.6) is 5.75 Å². The maximum atomic E-state index is 5.81. The molecule has 1 aromatic rings. The summed E-state index contributed by atoms with van der Waals surface area (Å²) in [4.78, 5) is 0. The maximum absolute atomic E-state index is 5.81. The molecule has 0 aliphatic rings. The predicted octanol–water partition coefficient (Wildman–Crippen LogP) is 5.15. The number of ether oxygens (including phenoxy) is 3. The van der Waals surface area contributed by atoms with Gasteiger partial charge in [0.05, 0.1) is 26.6 Å². The average molecular weight is 420 g/mol. The van der Waals surface area contributed by atoms with Crippen LogP contribution in [-0.2, 0) is 16.1 Å². The summed E-state index contributed by atoms with van der Waals surface area (Å²) in [6, 6.07) is 7.74. The van der Waals surface area contributed by atoms with Gasteiger partial charge < -0.3 is 14.2 Å². The topological polar surface area (TPSA) is 27.7 Å². The molecule has 1 rings (SSSR count). The summed E-state index contributed by atoms with van der Waals surface area (Å²) in [5.74, 6) is 1.66. The fourth-order valence-electron chi connectivity index (χ4n) is 1.61. The summed E-state index contributed by atoms with van der Waals surface area (Å²) >= 11 is 6.98. The van der Waals surface area contributed by atoms with Crippen molar-refractivity contribution in [1.29, 1.82) is 0 Å². The van der Waals surface area contributed by atoms with E-state index in [-0.39, 0.29) is 0 Å². The van der Waals surface area contributed by atoms with Gasteiger partial charge in [-0.3, -0.25) is 0 Å². The first kappa shape index (κ1) is 18.3. The lowest BCUT2D eigenvalue weighted by atomic mass is 10.2. The summed E-state index contributed by atoms with van der Waals surface area (Å²) in [5, 5.41) is 0. The van der Waals surface area contributed by atoms with Crippen LogP contribution in [-0.4, -0.2) is 17.6 Å². The van der Waals surface area contributed by atoms with Gasteiger partial charge in [0, 0.05) is 12.5 Å². The van der Waals surface area contributed by atoms with E-state index in [9.17, 15) is 0 Å². The van der Waals surface area contributed by atoms with E-state index in [0.29, 0.717) is 6.61 Å². The van der Waals surface area contributed by atoms with E-state index in [2.05, 4.69) is 38.4 Å². The van der Waals surface area contributed by atoms with Crippen molar-refractivity contribution in [2.45, 2.75) is 22.9 Å². The van der Waals surface area contributed by atoms with Gasteiger partial charge in [0.2, 0.25) is 0 Å². The number of hydrogen-bond donors (Lipinski definition) is 0. The molecule has 116 valence electrons. The summed E-state index contributed by atoms with van der Waals surface area (Å²) in [5.41, 5.74) is 1.05. The van der Waals surface area contributed by atoms with Gasteiger partial charge in [0.15, 0.2) is 3.42 Å². The predicted molar refractivity (Wildman–Crippen MR) is 92.9 cm³/mol. The van der Waals surface area contributed by atoms with E-state index >= 15 is 0 Å². The highest BCUT2D eigenvalue weighted by molar-refractivity contribution is 9.25. The Hall–Kier alpha value is -0.780. The van der Waals surface area contributed by atoms with Crippen molar-refractivity contribution in [3.05, 3.63) is 54.3 Å². The van der Waals surface area contributed by atoms with Crippen LogP contribution in [0, 0.1) is 0 Å². The van der Waals surface area contributed by atoms with Gasteiger partial charge >= 0.3 is 0 Å². The summed E-state index contributed by atoms with van der Waals surface area (Å²) in [6.07, 6.45) is 5.36. The van der Waals surface area contributed by atoms with Crippen LogP contribution in [0.15, 0.2) is 48.8 Å². The SMILES string of the molecule is C=CCC/C(=C/C(Br)(Br)OCc1ccc(OC)cc1)OC. The fourth-order valence-corrected chi connectivity index (χ4v) is 2.35. The van der Waals surface area contributed by atoms with Gasteiger partial charge in [0.1, 0.15) is 5.75 Å². The normalized spacial score (nSPS) is 12.1. The number of hydrogen-bond acceptors (Lipinski definition) is 3. The van der Waals surface area contributed by atoms with Gasteiger partial charge in [-0.15, -0.1) is 6.58 Å². The van der Waals surface area contributed by atoms with Crippen LogP contribution in [0.1, 0.15) is 18.4 Å². The van der Waals surface area contributed by atoms with E-state index in [4.69, 9.17) is 14.2 Å². The largest absolute Gasteiger partial charge is 0.501 e. The van der Waals surface area contributed by atoms with Gasteiger partial charge in [0.25, 0.3) is 0 Å². The molecule has 0 saturated carbocycles. The van der Waals surface area contributed by atoms with Crippen LogP contribution in [0.3, 0.4) is 0 Å². The van der Waals surface area contributed by atoms with Gasteiger partial charge in [-0.25, -0.2) is 0 Å². The molecule has 0 radical (unpaired) electrons. The average Bonchev–Trinajstić information content (AvgIpc) is 2.50. The molecule has 0 unspecified atom stereocenters. The van der Waals surface area contributed by atoms with Crippen molar-refractivity contribution in [3.8, 4) is 5.75 Å². The van der Waals surface area contributed by atoms with Gasteiger partial charge in [-0.05, 0) is 56.0 Å². The van der Waals surface area contributed by atoms with Gasteiger partial charge in [-0.1, -0.05) is 18.2 Å². The zero-order valence-corrected chi connectivity index (χ0v) is 15.4. The van der Waals surface area contributed by atoms with Crippen molar-refractivity contribution in [1.82, 2.24) is 0 Å². The first-order valence-corrected chi connectivity index (χ1v) is 8.10. The highest BCUT2D eigenvalue weighted by Crippen LogP contribution is 2.33. The van der Waals surface area contributed by atoms with E-state index in [1.54, 1.807) is 14.2 Å². The third-order valence-corrected chi connectivity index (χ3v) is 3.69. The molecule has 0 bridgehead atoms. The summed E-state index contributed by atoms with van der Waals surface area (Å²) in [7, 11) is 3.29. The summed E-state index contributed by atoms with van der Waals surface area (Å²) < 4.78 is 15.5. The van der Waals surface area contributed by atoms with Gasteiger partial charge in [-0.2, -0.15) is 0 Å². The lowest BCUT2D eigenvalue weighted by Crippen LogP contribution is -2.14. The fraction of sp³-hybridized carbons (Fsp3) is 0.375. The minimum Gasteiger partial charge on any atom is -0.501 e. The molecular formula is C16H20Br2O3. The second kappa shape index (κ2) is 9.28. The van der Waals surface area contributed by atoms with Crippen LogP contribution in [0.25, 0.3) is 0 Å². The molecule has 1 aromatic carbocycles. The Morgan fingerprint density at radius 2 is 1.90 bits per heavy atom. The Morgan fingerprint density at radius 3 is 2.43 bits per heavy atom. The molecule has 0 aliphatic carbocycles. The van der Waals surface area contributed by atoms with Crippen molar-refractivity contribution < 1.29 is 14.2 Å². The molecule has 0 amide bonds. The summed E-state index contributed by atoms with van der Waals surface area (Å²) in [6.45, 7) is 4.16. The smallest absolute Gasteiger partial charge is 0.200 e. The third-order valence-electron chi connectivity index (χ3n) is 2.78. The molecule has 3 nitrogen and oxygen atoms in total. The number of alkyl halides is 2. The molecule has 0 aliphatic heterocycles. The number of halogens is 2. The first-order valence-electron chi connectivity index (χ1n) is 6.52. The Morgan fingerprint density at radius 1 is 1.24 bits per heavy atom. The highest BCUT2D eigenvalue weighted by Gasteiger charge is 2.21. The van der Waals surface area contributed by atoms with Crippen LogP contribution in [0.4, 0.5) is 0 Å². The van der Waals surface area contributed by atoms with E-state index < -0.39 is 3.42 Å². The Bertz CT molecular complexity index is 467.